The maximum atomic E-state index is 11.9. The van der Waals surface area contributed by atoms with Crippen molar-refractivity contribution in [2.24, 2.45) is 0 Å². The number of aromatic nitrogens is 1. The molecule has 0 fully saturated rings. The van der Waals surface area contributed by atoms with E-state index in [0.717, 1.165) is 0 Å². The predicted octanol–water partition coefficient (Wildman–Crippen LogP) is 1.42. The first kappa shape index (κ1) is 14.2. The van der Waals surface area contributed by atoms with Gasteiger partial charge in [-0.25, -0.2) is 4.98 Å². The van der Waals surface area contributed by atoms with E-state index in [1.807, 2.05) is 0 Å². The molecule has 1 aromatic heterocycles. The first-order chi connectivity index (χ1) is 7.90. The van der Waals surface area contributed by atoms with Gasteiger partial charge >= 0.3 is 10.2 Å². The minimum absolute atomic E-state index is 0.228. The van der Waals surface area contributed by atoms with Crippen LogP contribution in [0.25, 0.3) is 0 Å². The zero-order valence-electron chi connectivity index (χ0n) is 9.64. The molecule has 96 valence electrons. The highest BCUT2D eigenvalue weighted by molar-refractivity contribution is 9.10. The maximum absolute atomic E-state index is 11.9. The van der Waals surface area contributed by atoms with Gasteiger partial charge in [0.1, 0.15) is 0 Å². The van der Waals surface area contributed by atoms with Crippen molar-refractivity contribution in [2.45, 2.75) is 13.8 Å². The summed E-state index contributed by atoms with van der Waals surface area (Å²) in [7, 11) is -3.56. The quantitative estimate of drug-likeness (QED) is 0.858. The largest absolute Gasteiger partial charge is 0.397 e. The van der Waals surface area contributed by atoms with Crippen LogP contribution < -0.4 is 10.5 Å². The second-order valence-corrected chi connectivity index (χ2v) is 5.82. The molecule has 0 saturated heterocycles. The van der Waals surface area contributed by atoms with E-state index in [1.165, 1.54) is 10.5 Å². The Hall–Kier alpha value is -0.860. The van der Waals surface area contributed by atoms with E-state index in [-0.39, 0.29) is 5.82 Å². The Balaban J connectivity index is 2.98. The van der Waals surface area contributed by atoms with E-state index in [1.54, 1.807) is 19.9 Å². The standard InChI is InChI=1S/C9H15BrN4O2S/c1-3-14(4-2)17(15,16)13-9-8(10)5-7(11)6-12-9/h5-6H,3-4,11H2,1-2H3,(H,12,13). The number of hydrogen-bond acceptors (Lipinski definition) is 4. The third-order valence-electron chi connectivity index (χ3n) is 2.13. The summed E-state index contributed by atoms with van der Waals surface area (Å²) in [6.45, 7) is 4.35. The summed E-state index contributed by atoms with van der Waals surface area (Å²) in [5.74, 6) is 0.228. The number of pyridine rings is 1. The zero-order chi connectivity index (χ0) is 13.1. The minimum Gasteiger partial charge on any atom is -0.397 e. The van der Waals surface area contributed by atoms with Crippen LogP contribution in [0.5, 0.6) is 0 Å². The average Bonchev–Trinajstić information content (AvgIpc) is 2.23. The summed E-state index contributed by atoms with van der Waals surface area (Å²) in [6.07, 6.45) is 1.39. The van der Waals surface area contributed by atoms with E-state index in [2.05, 4.69) is 25.6 Å². The smallest absolute Gasteiger partial charge is 0.302 e. The van der Waals surface area contributed by atoms with E-state index >= 15 is 0 Å². The second kappa shape index (κ2) is 5.65. The van der Waals surface area contributed by atoms with E-state index in [0.29, 0.717) is 23.2 Å². The van der Waals surface area contributed by atoms with Crippen molar-refractivity contribution < 1.29 is 8.42 Å². The highest BCUT2D eigenvalue weighted by Crippen LogP contribution is 2.23. The topological polar surface area (TPSA) is 88.3 Å². The van der Waals surface area contributed by atoms with Gasteiger partial charge in [-0.05, 0) is 22.0 Å². The Morgan fingerprint density at radius 3 is 2.53 bits per heavy atom. The second-order valence-electron chi connectivity index (χ2n) is 3.29. The third kappa shape index (κ3) is 3.55. The summed E-state index contributed by atoms with van der Waals surface area (Å²) in [4.78, 5) is 3.93. The predicted molar refractivity (Wildman–Crippen MR) is 71.8 cm³/mol. The highest BCUT2D eigenvalue weighted by atomic mass is 79.9. The summed E-state index contributed by atoms with van der Waals surface area (Å²) in [5.41, 5.74) is 5.98. The number of rotatable bonds is 5. The van der Waals surface area contributed by atoms with Gasteiger partial charge in [-0.15, -0.1) is 0 Å². The number of nitrogen functional groups attached to an aromatic ring is 1. The summed E-state index contributed by atoms with van der Waals surface area (Å²) in [5, 5.41) is 0. The molecule has 6 nitrogen and oxygen atoms in total. The molecule has 1 rings (SSSR count). The van der Waals surface area contributed by atoms with Crippen molar-refractivity contribution in [2.75, 3.05) is 23.5 Å². The van der Waals surface area contributed by atoms with Crippen molar-refractivity contribution >= 4 is 37.6 Å². The summed E-state index contributed by atoms with van der Waals surface area (Å²) >= 11 is 3.20. The van der Waals surface area contributed by atoms with Gasteiger partial charge in [0.05, 0.1) is 16.4 Å². The van der Waals surface area contributed by atoms with Gasteiger partial charge in [0, 0.05) is 13.1 Å². The van der Waals surface area contributed by atoms with Crippen LogP contribution in [0.1, 0.15) is 13.8 Å². The molecular formula is C9H15BrN4O2S. The number of nitrogens with one attached hydrogen (secondary N) is 1. The van der Waals surface area contributed by atoms with Gasteiger partial charge in [0.25, 0.3) is 0 Å². The molecular weight excluding hydrogens is 308 g/mol. The fourth-order valence-corrected chi connectivity index (χ4v) is 3.09. The normalized spacial score (nSPS) is 11.8. The summed E-state index contributed by atoms with van der Waals surface area (Å²) in [6, 6.07) is 1.59. The molecule has 0 amide bonds. The molecule has 0 radical (unpaired) electrons. The Morgan fingerprint density at radius 1 is 1.47 bits per heavy atom. The Bertz CT molecular complexity index is 488. The Morgan fingerprint density at radius 2 is 2.06 bits per heavy atom. The van der Waals surface area contributed by atoms with Crippen LogP contribution in [0.3, 0.4) is 0 Å². The molecule has 0 unspecified atom stereocenters. The molecule has 0 aliphatic rings. The zero-order valence-corrected chi connectivity index (χ0v) is 12.0. The van der Waals surface area contributed by atoms with E-state index in [4.69, 9.17) is 5.73 Å². The lowest BCUT2D eigenvalue weighted by Crippen LogP contribution is -2.35. The van der Waals surface area contributed by atoms with E-state index in [9.17, 15) is 8.42 Å². The Labute approximate surface area is 110 Å². The van der Waals surface area contributed by atoms with Gasteiger partial charge < -0.3 is 5.73 Å². The fraction of sp³-hybridized carbons (Fsp3) is 0.444. The van der Waals surface area contributed by atoms with Crippen LogP contribution in [0.4, 0.5) is 11.5 Å². The lowest BCUT2D eigenvalue weighted by Gasteiger charge is -2.19. The molecule has 17 heavy (non-hydrogen) atoms. The average molecular weight is 323 g/mol. The Kier molecular flexibility index (Phi) is 4.72. The number of anilines is 2. The molecule has 0 aliphatic heterocycles. The third-order valence-corrected chi connectivity index (χ3v) is 4.39. The van der Waals surface area contributed by atoms with Crippen molar-refractivity contribution in [3.8, 4) is 0 Å². The maximum Gasteiger partial charge on any atom is 0.302 e. The molecule has 0 aromatic carbocycles. The van der Waals surface area contributed by atoms with Gasteiger partial charge in [-0.2, -0.15) is 12.7 Å². The van der Waals surface area contributed by atoms with Crippen molar-refractivity contribution in [3.63, 3.8) is 0 Å². The van der Waals surface area contributed by atoms with Crippen LogP contribution in [-0.4, -0.2) is 30.8 Å². The molecule has 3 N–H and O–H groups in total. The number of hydrogen-bond donors (Lipinski definition) is 2. The summed E-state index contributed by atoms with van der Waals surface area (Å²) < 4.78 is 28.1. The van der Waals surface area contributed by atoms with Gasteiger partial charge in [0.15, 0.2) is 5.82 Å². The van der Waals surface area contributed by atoms with Gasteiger partial charge in [-0.1, -0.05) is 13.8 Å². The van der Waals surface area contributed by atoms with Crippen LogP contribution in [0, 0.1) is 0 Å². The lowest BCUT2D eigenvalue weighted by atomic mass is 10.4. The molecule has 1 aromatic rings. The first-order valence-corrected chi connectivity index (χ1v) is 7.33. The highest BCUT2D eigenvalue weighted by Gasteiger charge is 2.19. The molecule has 0 spiro atoms. The molecule has 0 atom stereocenters. The monoisotopic (exact) mass is 322 g/mol. The molecule has 1 heterocycles. The van der Waals surface area contributed by atoms with Crippen molar-refractivity contribution in [1.82, 2.24) is 9.29 Å². The number of nitrogens with zero attached hydrogens (tertiary/aromatic N) is 2. The molecule has 8 heteroatoms. The van der Waals surface area contributed by atoms with Crippen molar-refractivity contribution in [3.05, 3.63) is 16.7 Å². The first-order valence-electron chi connectivity index (χ1n) is 5.09. The van der Waals surface area contributed by atoms with E-state index < -0.39 is 10.2 Å². The number of nitrogens with two attached hydrogens (primary N) is 1. The van der Waals surface area contributed by atoms with Crippen LogP contribution in [-0.2, 0) is 10.2 Å². The van der Waals surface area contributed by atoms with Gasteiger partial charge in [0.2, 0.25) is 0 Å². The SMILES string of the molecule is CCN(CC)S(=O)(=O)Nc1ncc(N)cc1Br. The molecule has 0 bridgehead atoms. The molecule has 0 saturated carbocycles. The minimum atomic E-state index is -3.56. The van der Waals surface area contributed by atoms with Crippen LogP contribution in [0.15, 0.2) is 16.7 Å². The van der Waals surface area contributed by atoms with Crippen molar-refractivity contribution in [1.29, 1.82) is 0 Å². The number of halogens is 1. The van der Waals surface area contributed by atoms with Gasteiger partial charge in [-0.3, -0.25) is 4.72 Å². The van der Waals surface area contributed by atoms with Crippen LogP contribution >= 0.6 is 15.9 Å². The molecule has 0 aliphatic carbocycles. The van der Waals surface area contributed by atoms with Crippen LogP contribution in [0.2, 0.25) is 0 Å². The fourth-order valence-electron chi connectivity index (χ4n) is 1.28. The lowest BCUT2D eigenvalue weighted by molar-refractivity contribution is 0.449.